The second-order valence-corrected chi connectivity index (χ2v) is 5.08. The van der Waals surface area contributed by atoms with E-state index in [0.29, 0.717) is 30.0 Å². The lowest BCUT2D eigenvalue weighted by Crippen LogP contribution is -2.38. The molecular formula is C14H15N3O4. The highest BCUT2D eigenvalue weighted by Crippen LogP contribution is 2.36. The van der Waals surface area contributed by atoms with Crippen molar-refractivity contribution < 1.29 is 19.1 Å². The fourth-order valence-corrected chi connectivity index (χ4v) is 2.36. The van der Waals surface area contributed by atoms with Crippen LogP contribution in [0.3, 0.4) is 0 Å². The van der Waals surface area contributed by atoms with Crippen LogP contribution in [-0.4, -0.2) is 29.9 Å². The second-order valence-electron chi connectivity index (χ2n) is 5.08. The minimum atomic E-state index is -0.572. The normalized spacial score (nSPS) is 23.7. The zero-order valence-electron chi connectivity index (χ0n) is 11.4. The van der Waals surface area contributed by atoms with Crippen LogP contribution >= 0.6 is 0 Å². The third-order valence-electron chi connectivity index (χ3n) is 3.52. The lowest BCUT2D eigenvalue weighted by molar-refractivity contribution is -0.122. The lowest BCUT2D eigenvalue weighted by atomic mass is 10.1. The number of nitrogens with one attached hydrogen (secondary N) is 3. The number of anilines is 2. The maximum absolute atomic E-state index is 12.1. The molecule has 7 nitrogen and oxygen atoms in total. The molecule has 3 amide bonds. The highest BCUT2D eigenvalue weighted by molar-refractivity contribution is 6.06. The van der Waals surface area contributed by atoms with Crippen molar-refractivity contribution in [2.45, 2.75) is 31.9 Å². The Balaban J connectivity index is 1.80. The molecule has 0 radical (unpaired) electrons. The highest BCUT2D eigenvalue weighted by atomic mass is 16.5. The molecule has 1 saturated heterocycles. The number of fused-ring (bicyclic) bond motifs is 1. The van der Waals surface area contributed by atoms with Crippen LogP contribution in [-0.2, 0) is 14.4 Å². The van der Waals surface area contributed by atoms with E-state index in [1.165, 1.54) is 0 Å². The fourth-order valence-electron chi connectivity index (χ4n) is 2.36. The van der Waals surface area contributed by atoms with E-state index in [1.807, 2.05) is 0 Å². The van der Waals surface area contributed by atoms with Gasteiger partial charge in [0, 0.05) is 6.42 Å². The molecule has 21 heavy (non-hydrogen) atoms. The van der Waals surface area contributed by atoms with Gasteiger partial charge in [-0.15, -0.1) is 0 Å². The van der Waals surface area contributed by atoms with Crippen LogP contribution in [0.15, 0.2) is 18.2 Å². The molecule has 0 aromatic heterocycles. The topological polar surface area (TPSA) is 96.5 Å². The third kappa shape index (κ3) is 2.54. The zero-order chi connectivity index (χ0) is 15.0. The SMILES string of the molecule is CC1Oc2cccc(NC(=O)C3CCC(=O)N3)c2NC1=O. The molecule has 2 atom stereocenters. The summed E-state index contributed by atoms with van der Waals surface area (Å²) in [7, 11) is 0. The molecule has 1 fully saturated rings. The summed E-state index contributed by atoms with van der Waals surface area (Å²) in [5.74, 6) is -0.188. The van der Waals surface area contributed by atoms with Gasteiger partial charge < -0.3 is 20.7 Å². The van der Waals surface area contributed by atoms with E-state index >= 15 is 0 Å². The van der Waals surface area contributed by atoms with E-state index in [0.717, 1.165) is 0 Å². The molecule has 3 N–H and O–H groups in total. The second kappa shape index (κ2) is 5.08. The smallest absolute Gasteiger partial charge is 0.265 e. The van der Waals surface area contributed by atoms with Gasteiger partial charge in [-0.3, -0.25) is 14.4 Å². The van der Waals surface area contributed by atoms with Crippen LogP contribution in [0, 0.1) is 0 Å². The molecule has 3 rings (SSSR count). The van der Waals surface area contributed by atoms with Crippen LogP contribution in [0.1, 0.15) is 19.8 Å². The predicted molar refractivity (Wildman–Crippen MR) is 75.0 cm³/mol. The molecule has 1 aromatic carbocycles. The summed E-state index contributed by atoms with van der Waals surface area (Å²) >= 11 is 0. The number of hydrogen-bond donors (Lipinski definition) is 3. The average Bonchev–Trinajstić information content (AvgIpc) is 2.88. The number of amides is 3. The van der Waals surface area contributed by atoms with Crippen molar-refractivity contribution in [1.29, 1.82) is 0 Å². The van der Waals surface area contributed by atoms with Gasteiger partial charge in [0.1, 0.15) is 17.5 Å². The quantitative estimate of drug-likeness (QED) is 0.743. The number of para-hydroxylation sites is 1. The molecule has 2 unspecified atom stereocenters. The minimum absolute atomic E-state index is 0.129. The number of ether oxygens (including phenoxy) is 1. The molecule has 7 heteroatoms. The summed E-state index contributed by atoms with van der Waals surface area (Å²) < 4.78 is 5.48. The number of carbonyl (C=O) groups excluding carboxylic acids is 3. The number of rotatable bonds is 2. The molecule has 0 saturated carbocycles. The molecule has 2 heterocycles. The van der Waals surface area contributed by atoms with Crippen molar-refractivity contribution in [1.82, 2.24) is 5.32 Å². The van der Waals surface area contributed by atoms with Gasteiger partial charge in [-0.2, -0.15) is 0 Å². The number of hydrogen-bond acceptors (Lipinski definition) is 4. The van der Waals surface area contributed by atoms with Gasteiger partial charge in [0.05, 0.1) is 5.69 Å². The lowest BCUT2D eigenvalue weighted by Gasteiger charge is -2.25. The Morgan fingerprint density at radius 2 is 2.19 bits per heavy atom. The molecular weight excluding hydrogens is 274 g/mol. The van der Waals surface area contributed by atoms with E-state index in [9.17, 15) is 14.4 Å². The molecule has 0 spiro atoms. The van der Waals surface area contributed by atoms with Gasteiger partial charge in [0.2, 0.25) is 11.8 Å². The highest BCUT2D eigenvalue weighted by Gasteiger charge is 2.29. The van der Waals surface area contributed by atoms with Gasteiger partial charge >= 0.3 is 0 Å². The summed E-state index contributed by atoms with van der Waals surface area (Å²) in [5.41, 5.74) is 0.900. The van der Waals surface area contributed by atoms with Crippen molar-refractivity contribution in [2.75, 3.05) is 10.6 Å². The van der Waals surface area contributed by atoms with Crippen LogP contribution in [0.25, 0.3) is 0 Å². The molecule has 2 aliphatic heterocycles. The first-order chi connectivity index (χ1) is 10.0. The van der Waals surface area contributed by atoms with Crippen LogP contribution < -0.4 is 20.7 Å². The van der Waals surface area contributed by atoms with Crippen molar-refractivity contribution >= 4 is 29.1 Å². The first-order valence-electron chi connectivity index (χ1n) is 6.75. The maximum atomic E-state index is 12.1. The van der Waals surface area contributed by atoms with E-state index in [-0.39, 0.29) is 17.7 Å². The summed E-state index contributed by atoms with van der Waals surface area (Å²) in [6.45, 7) is 1.65. The molecule has 1 aromatic rings. The van der Waals surface area contributed by atoms with Crippen molar-refractivity contribution in [3.05, 3.63) is 18.2 Å². The molecule has 110 valence electrons. The summed E-state index contributed by atoms with van der Waals surface area (Å²) in [6, 6.07) is 4.59. The van der Waals surface area contributed by atoms with Gasteiger partial charge in [-0.1, -0.05) is 6.07 Å². The van der Waals surface area contributed by atoms with E-state index in [4.69, 9.17) is 4.74 Å². The van der Waals surface area contributed by atoms with Crippen molar-refractivity contribution in [3.63, 3.8) is 0 Å². The third-order valence-corrected chi connectivity index (χ3v) is 3.52. The molecule has 2 aliphatic rings. The molecule has 0 bridgehead atoms. The minimum Gasteiger partial charge on any atom is -0.479 e. The van der Waals surface area contributed by atoms with Crippen LogP contribution in [0.5, 0.6) is 5.75 Å². The van der Waals surface area contributed by atoms with Crippen LogP contribution in [0.4, 0.5) is 11.4 Å². The number of carbonyl (C=O) groups is 3. The van der Waals surface area contributed by atoms with Crippen molar-refractivity contribution in [2.24, 2.45) is 0 Å². The standard InChI is InChI=1S/C14H15N3O4/c1-7-13(19)17-12-8(3-2-4-10(12)21-7)16-14(20)9-5-6-11(18)15-9/h2-4,7,9H,5-6H2,1H3,(H,15,18)(H,16,20)(H,17,19). The fraction of sp³-hybridized carbons (Fsp3) is 0.357. The Bertz CT molecular complexity index is 629. The Morgan fingerprint density at radius 3 is 2.90 bits per heavy atom. The summed E-state index contributed by atoms with van der Waals surface area (Å²) in [4.78, 5) is 35.0. The van der Waals surface area contributed by atoms with Gasteiger partial charge in [-0.25, -0.2) is 0 Å². The Morgan fingerprint density at radius 1 is 1.38 bits per heavy atom. The Kier molecular flexibility index (Phi) is 3.25. The first-order valence-corrected chi connectivity index (χ1v) is 6.75. The van der Waals surface area contributed by atoms with Gasteiger partial charge in [0.25, 0.3) is 5.91 Å². The zero-order valence-corrected chi connectivity index (χ0v) is 11.4. The van der Waals surface area contributed by atoms with Gasteiger partial charge in [0.15, 0.2) is 6.10 Å². The molecule has 0 aliphatic carbocycles. The van der Waals surface area contributed by atoms with E-state index in [1.54, 1.807) is 25.1 Å². The first kappa shape index (κ1) is 13.4. The van der Waals surface area contributed by atoms with Crippen LogP contribution in [0.2, 0.25) is 0 Å². The van der Waals surface area contributed by atoms with Gasteiger partial charge in [-0.05, 0) is 25.5 Å². The Labute approximate surface area is 121 Å². The van der Waals surface area contributed by atoms with Crippen molar-refractivity contribution in [3.8, 4) is 5.75 Å². The number of benzene rings is 1. The summed E-state index contributed by atoms with van der Waals surface area (Å²) in [5, 5.41) is 8.04. The predicted octanol–water partition coefficient (Wildman–Crippen LogP) is 0.623. The van der Waals surface area contributed by atoms with E-state index in [2.05, 4.69) is 16.0 Å². The maximum Gasteiger partial charge on any atom is 0.265 e. The average molecular weight is 289 g/mol. The Hall–Kier alpha value is -2.57. The van der Waals surface area contributed by atoms with E-state index < -0.39 is 12.1 Å². The monoisotopic (exact) mass is 289 g/mol. The summed E-state index contributed by atoms with van der Waals surface area (Å²) in [6.07, 6.45) is 0.250. The largest absolute Gasteiger partial charge is 0.479 e.